The predicted molar refractivity (Wildman–Crippen MR) is 205 cm³/mol. The molecule has 0 spiro atoms. The summed E-state index contributed by atoms with van der Waals surface area (Å²) < 4.78 is 6.01. The Morgan fingerprint density at radius 2 is 1.39 bits per heavy atom. The van der Waals surface area contributed by atoms with Crippen molar-refractivity contribution in [1.82, 2.24) is 5.32 Å². The maximum Gasteiger partial charge on any atom is 0.272 e. The fourth-order valence-electron chi connectivity index (χ4n) is 5.52. The summed E-state index contributed by atoms with van der Waals surface area (Å²) in [6.45, 7) is 4.07. The zero-order valence-corrected chi connectivity index (χ0v) is 29.1. The van der Waals surface area contributed by atoms with Gasteiger partial charge in [0.05, 0.1) is 0 Å². The molecule has 0 radical (unpaired) electrons. The second-order valence-corrected chi connectivity index (χ2v) is 13.0. The van der Waals surface area contributed by atoms with E-state index in [2.05, 4.69) is 22.9 Å². The molecule has 254 valence electrons. The van der Waals surface area contributed by atoms with Crippen molar-refractivity contribution >= 4 is 46.9 Å². The zero-order chi connectivity index (χ0) is 35.6. The highest BCUT2D eigenvalue weighted by molar-refractivity contribution is 8.00. The summed E-state index contributed by atoms with van der Waals surface area (Å²) in [6.07, 6.45) is 2.31. The minimum atomic E-state index is -0.524. The van der Waals surface area contributed by atoms with E-state index in [0.29, 0.717) is 22.8 Å². The van der Waals surface area contributed by atoms with Gasteiger partial charge in [0.25, 0.3) is 11.8 Å². The van der Waals surface area contributed by atoms with Gasteiger partial charge in [0, 0.05) is 33.5 Å². The third kappa shape index (κ3) is 8.92. The lowest BCUT2D eigenvalue weighted by Crippen LogP contribution is -2.30. The van der Waals surface area contributed by atoms with Gasteiger partial charge in [-0.05, 0) is 78.6 Å². The lowest BCUT2D eigenvalue weighted by molar-refractivity contribution is -0.116. The Balaban J connectivity index is 1.21. The summed E-state index contributed by atoms with van der Waals surface area (Å²) in [5, 5.41) is 8.32. The fraction of sp³-hybridized carbons (Fsp3) is 0.0930. The van der Waals surface area contributed by atoms with Crippen LogP contribution in [-0.4, -0.2) is 17.7 Å². The molecule has 1 atom stereocenters. The average Bonchev–Trinajstić information content (AvgIpc) is 3.64. The number of benzene rings is 5. The van der Waals surface area contributed by atoms with Crippen LogP contribution in [0.2, 0.25) is 0 Å². The molecule has 0 bridgehead atoms. The summed E-state index contributed by atoms with van der Waals surface area (Å²) in [4.78, 5) is 41.4. The molecule has 8 heteroatoms. The number of furan rings is 1. The summed E-state index contributed by atoms with van der Waals surface area (Å²) in [6, 6.07) is 44.8. The van der Waals surface area contributed by atoms with Crippen LogP contribution in [0.3, 0.4) is 0 Å². The minimum absolute atomic E-state index is 0.0136. The van der Waals surface area contributed by atoms with E-state index in [1.165, 1.54) is 17.8 Å². The van der Waals surface area contributed by atoms with E-state index in [-0.39, 0.29) is 11.6 Å². The van der Waals surface area contributed by atoms with Gasteiger partial charge in [0.1, 0.15) is 22.5 Å². The molecule has 0 aliphatic carbocycles. The Bertz CT molecular complexity index is 2140. The Hall–Kier alpha value is -6.12. The predicted octanol–water partition coefficient (Wildman–Crippen LogP) is 9.70. The molecule has 5 aromatic carbocycles. The molecular weight excluding hydrogens is 655 g/mol. The number of hydrogen-bond donors (Lipinski definition) is 3. The Morgan fingerprint density at radius 1 is 0.725 bits per heavy atom. The quantitative estimate of drug-likeness (QED) is 0.0877. The van der Waals surface area contributed by atoms with Gasteiger partial charge in [-0.3, -0.25) is 14.4 Å². The first-order valence-corrected chi connectivity index (χ1v) is 17.5. The topological polar surface area (TPSA) is 100 Å². The van der Waals surface area contributed by atoms with Crippen LogP contribution in [0.15, 0.2) is 161 Å². The smallest absolute Gasteiger partial charge is 0.272 e. The van der Waals surface area contributed by atoms with Crippen molar-refractivity contribution in [1.29, 1.82) is 0 Å². The van der Waals surface area contributed by atoms with Crippen LogP contribution >= 0.6 is 11.8 Å². The van der Waals surface area contributed by atoms with Crippen molar-refractivity contribution in [3.8, 4) is 11.3 Å². The zero-order valence-electron chi connectivity index (χ0n) is 28.3. The first-order chi connectivity index (χ1) is 24.9. The van der Waals surface area contributed by atoms with Gasteiger partial charge in [-0.15, -0.1) is 11.8 Å². The maximum absolute atomic E-state index is 13.8. The number of anilines is 2. The van der Waals surface area contributed by atoms with Crippen LogP contribution in [0.4, 0.5) is 11.4 Å². The molecular formula is C43H37N3O4S. The average molecular weight is 692 g/mol. The van der Waals surface area contributed by atoms with Gasteiger partial charge in [-0.2, -0.15) is 0 Å². The lowest BCUT2D eigenvalue weighted by Gasteiger charge is -2.20. The first kappa shape index (κ1) is 34.7. The second-order valence-electron chi connectivity index (χ2n) is 11.8. The highest BCUT2D eigenvalue weighted by Gasteiger charge is 2.24. The number of aryl methyl sites for hydroxylation is 2. The summed E-state index contributed by atoms with van der Waals surface area (Å²) in [5.74, 6) is -0.0355. The van der Waals surface area contributed by atoms with Gasteiger partial charge >= 0.3 is 0 Å². The molecule has 0 fully saturated rings. The number of hydrogen-bond acceptors (Lipinski definition) is 5. The van der Waals surface area contributed by atoms with Crippen LogP contribution < -0.4 is 16.0 Å². The van der Waals surface area contributed by atoms with Crippen LogP contribution in [-0.2, 0) is 16.0 Å². The molecule has 1 aromatic heterocycles. The molecule has 0 unspecified atom stereocenters. The summed E-state index contributed by atoms with van der Waals surface area (Å²) in [7, 11) is 0. The van der Waals surface area contributed by atoms with E-state index in [1.54, 1.807) is 42.5 Å². The maximum atomic E-state index is 13.8. The van der Waals surface area contributed by atoms with Crippen molar-refractivity contribution in [2.24, 2.45) is 0 Å². The SMILES string of the molecule is CCc1cccc(C)c1NC(=O)[C@@H](Sc1ccc(NC(=O)/C(=C\c2ccc(-c3ccccc3)o2)NC(=O)c2ccccc2)cc1)c1ccccc1. The summed E-state index contributed by atoms with van der Waals surface area (Å²) >= 11 is 1.43. The molecule has 0 saturated heterocycles. The van der Waals surface area contributed by atoms with Crippen LogP contribution in [0, 0.1) is 6.92 Å². The van der Waals surface area contributed by atoms with Crippen molar-refractivity contribution < 1.29 is 18.8 Å². The van der Waals surface area contributed by atoms with Gasteiger partial charge in [0.2, 0.25) is 5.91 Å². The van der Waals surface area contributed by atoms with Crippen LogP contribution in [0.25, 0.3) is 17.4 Å². The van der Waals surface area contributed by atoms with Crippen LogP contribution in [0.1, 0.15) is 45.0 Å². The van der Waals surface area contributed by atoms with Gasteiger partial charge in [0.15, 0.2) is 0 Å². The molecule has 0 aliphatic rings. The normalized spacial score (nSPS) is 11.8. The molecule has 6 aromatic rings. The monoisotopic (exact) mass is 691 g/mol. The minimum Gasteiger partial charge on any atom is -0.457 e. The summed E-state index contributed by atoms with van der Waals surface area (Å²) in [5.41, 5.74) is 5.64. The number of nitrogens with one attached hydrogen (secondary N) is 3. The first-order valence-electron chi connectivity index (χ1n) is 16.6. The van der Waals surface area contributed by atoms with E-state index in [4.69, 9.17) is 4.42 Å². The number of amides is 3. The number of carbonyl (C=O) groups is 3. The van der Waals surface area contributed by atoms with E-state index in [1.807, 2.05) is 110 Å². The molecule has 51 heavy (non-hydrogen) atoms. The van der Waals surface area contributed by atoms with Gasteiger partial charge in [-0.25, -0.2) is 0 Å². The van der Waals surface area contributed by atoms with Crippen molar-refractivity contribution in [3.63, 3.8) is 0 Å². The van der Waals surface area contributed by atoms with Crippen LogP contribution in [0.5, 0.6) is 0 Å². The molecule has 7 nitrogen and oxygen atoms in total. The lowest BCUT2D eigenvalue weighted by atomic mass is 10.1. The molecule has 3 N–H and O–H groups in total. The Kier molecular flexibility index (Phi) is 11.3. The fourth-order valence-corrected chi connectivity index (χ4v) is 6.54. The van der Waals surface area contributed by atoms with Crippen molar-refractivity contribution in [2.75, 3.05) is 10.6 Å². The Morgan fingerprint density at radius 3 is 2.08 bits per heavy atom. The number of carbonyl (C=O) groups excluding carboxylic acids is 3. The van der Waals surface area contributed by atoms with E-state index >= 15 is 0 Å². The molecule has 0 aliphatic heterocycles. The van der Waals surface area contributed by atoms with Crippen molar-refractivity contribution in [2.45, 2.75) is 30.4 Å². The number of thioether (sulfide) groups is 1. The molecule has 0 saturated carbocycles. The molecule has 6 rings (SSSR count). The largest absolute Gasteiger partial charge is 0.457 e. The standard InChI is InChI=1S/C43H37N3O4S/c1-3-30-21-13-14-29(2)39(30)46-43(49)40(32-17-9-5-10-18-32)51-36-25-22-34(23-26-36)44-42(48)37(45-41(47)33-19-11-6-12-20-33)28-35-24-27-38(50-35)31-15-7-4-8-16-31/h4-28,40H,3H2,1-2H3,(H,44,48)(H,45,47)(H,46,49)/b37-28+/t40-/m0/s1. The second kappa shape index (κ2) is 16.5. The highest BCUT2D eigenvalue weighted by atomic mass is 32.2. The van der Waals surface area contributed by atoms with E-state index < -0.39 is 17.1 Å². The van der Waals surface area contributed by atoms with E-state index in [9.17, 15) is 14.4 Å². The van der Waals surface area contributed by atoms with E-state index in [0.717, 1.165) is 39.3 Å². The number of para-hydroxylation sites is 1. The van der Waals surface area contributed by atoms with Gasteiger partial charge in [-0.1, -0.05) is 104 Å². The third-order valence-corrected chi connectivity index (χ3v) is 9.46. The highest BCUT2D eigenvalue weighted by Crippen LogP contribution is 2.37. The Labute approximate surface area is 301 Å². The third-order valence-electron chi connectivity index (χ3n) is 8.20. The van der Waals surface area contributed by atoms with Crippen molar-refractivity contribution in [3.05, 3.63) is 179 Å². The molecule has 3 amide bonds. The molecule has 1 heterocycles. The van der Waals surface area contributed by atoms with Gasteiger partial charge < -0.3 is 20.4 Å². The number of rotatable bonds is 12.